The van der Waals surface area contributed by atoms with Gasteiger partial charge >= 0.3 is 0 Å². The van der Waals surface area contributed by atoms with Gasteiger partial charge in [-0.3, -0.25) is 0 Å². The SMILES string of the molecule is Fc1ccc(-n2nncc2CCl)cc1Br. The first-order chi connectivity index (χ1) is 7.22. The minimum absolute atomic E-state index is 0.308. The first-order valence-corrected chi connectivity index (χ1v) is 5.46. The minimum atomic E-state index is -0.314. The van der Waals surface area contributed by atoms with E-state index in [0.29, 0.717) is 10.4 Å². The second-order valence-electron chi connectivity index (χ2n) is 2.87. The maximum Gasteiger partial charge on any atom is 0.137 e. The fourth-order valence-corrected chi connectivity index (χ4v) is 1.73. The van der Waals surface area contributed by atoms with Gasteiger partial charge in [-0.25, -0.2) is 9.07 Å². The molecular weight excluding hydrogens is 284 g/mol. The van der Waals surface area contributed by atoms with Crippen LogP contribution in [-0.2, 0) is 5.88 Å². The summed E-state index contributed by atoms with van der Waals surface area (Å²) in [5, 5.41) is 7.61. The van der Waals surface area contributed by atoms with Gasteiger partial charge < -0.3 is 0 Å². The van der Waals surface area contributed by atoms with Crippen molar-refractivity contribution < 1.29 is 4.39 Å². The Hall–Kier alpha value is -0.940. The molecule has 6 heteroatoms. The molecule has 0 radical (unpaired) electrons. The molecule has 1 aromatic carbocycles. The van der Waals surface area contributed by atoms with Crippen LogP contribution in [0.25, 0.3) is 5.69 Å². The Bertz CT molecular complexity index is 486. The monoisotopic (exact) mass is 289 g/mol. The molecule has 1 aromatic heterocycles. The molecule has 15 heavy (non-hydrogen) atoms. The fourth-order valence-electron chi connectivity index (χ4n) is 1.18. The zero-order chi connectivity index (χ0) is 10.8. The molecule has 3 nitrogen and oxygen atoms in total. The summed E-state index contributed by atoms with van der Waals surface area (Å²) < 4.78 is 15.0. The average Bonchev–Trinajstić information content (AvgIpc) is 2.70. The van der Waals surface area contributed by atoms with Crippen LogP contribution in [0.2, 0.25) is 0 Å². The van der Waals surface area contributed by atoms with Crippen LogP contribution in [0, 0.1) is 5.82 Å². The average molecular weight is 291 g/mol. The second-order valence-corrected chi connectivity index (χ2v) is 3.99. The number of nitrogens with zero attached hydrogens (tertiary/aromatic N) is 3. The third-order valence-electron chi connectivity index (χ3n) is 1.90. The Morgan fingerprint density at radius 2 is 2.27 bits per heavy atom. The summed E-state index contributed by atoms with van der Waals surface area (Å²) in [5.74, 6) is -0.00609. The Morgan fingerprint density at radius 3 is 2.93 bits per heavy atom. The van der Waals surface area contributed by atoms with E-state index in [4.69, 9.17) is 11.6 Å². The number of halogens is 3. The smallest absolute Gasteiger partial charge is 0.137 e. The van der Waals surface area contributed by atoms with Gasteiger partial charge in [-0.05, 0) is 34.1 Å². The summed E-state index contributed by atoms with van der Waals surface area (Å²) in [6.07, 6.45) is 1.57. The first kappa shape index (κ1) is 10.6. The number of alkyl halides is 1. The molecule has 0 unspecified atom stereocenters. The summed E-state index contributed by atoms with van der Waals surface area (Å²) >= 11 is 8.82. The van der Waals surface area contributed by atoms with E-state index in [0.717, 1.165) is 11.4 Å². The van der Waals surface area contributed by atoms with Crippen molar-refractivity contribution in [2.45, 2.75) is 5.88 Å². The van der Waals surface area contributed by atoms with E-state index in [2.05, 4.69) is 26.2 Å². The number of hydrogen-bond donors (Lipinski definition) is 0. The molecule has 0 amide bonds. The Labute approximate surface area is 99.0 Å². The molecule has 0 saturated carbocycles. The third kappa shape index (κ3) is 2.03. The molecule has 78 valence electrons. The minimum Gasteiger partial charge on any atom is -0.216 e. The summed E-state index contributed by atoms with van der Waals surface area (Å²) in [4.78, 5) is 0. The van der Waals surface area contributed by atoms with Crippen molar-refractivity contribution in [3.05, 3.63) is 40.4 Å². The molecule has 0 spiro atoms. The highest BCUT2D eigenvalue weighted by Crippen LogP contribution is 2.20. The number of aromatic nitrogens is 3. The van der Waals surface area contributed by atoms with Crippen molar-refractivity contribution in [1.29, 1.82) is 0 Å². The van der Waals surface area contributed by atoms with Gasteiger partial charge in [-0.2, -0.15) is 0 Å². The van der Waals surface area contributed by atoms with E-state index in [1.165, 1.54) is 6.07 Å². The van der Waals surface area contributed by atoms with Crippen molar-refractivity contribution in [2.75, 3.05) is 0 Å². The molecule has 0 aliphatic carbocycles. The summed E-state index contributed by atoms with van der Waals surface area (Å²) in [6.45, 7) is 0. The van der Waals surface area contributed by atoms with E-state index in [-0.39, 0.29) is 5.82 Å². The standard InChI is InChI=1S/C9H6BrClFN3/c10-8-3-6(1-2-9(8)12)15-7(4-11)5-13-14-15/h1-3,5H,4H2. The molecular formula is C9H6BrClFN3. The molecule has 0 saturated heterocycles. The Kier molecular flexibility index (Phi) is 3.02. The van der Waals surface area contributed by atoms with Crippen molar-refractivity contribution in [2.24, 2.45) is 0 Å². The lowest BCUT2D eigenvalue weighted by molar-refractivity contribution is 0.619. The van der Waals surface area contributed by atoms with Crippen LogP contribution in [0.3, 0.4) is 0 Å². The molecule has 0 bridgehead atoms. The third-order valence-corrected chi connectivity index (χ3v) is 2.79. The van der Waals surface area contributed by atoms with Crippen molar-refractivity contribution >= 4 is 27.5 Å². The van der Waals surface area contributed by atoms with Crippen molar-refractivity contribution in [3.8, 4) is 5.69 Å². The fraction of sp³-hybridized carbons (Fsp3) is 0.111. The molecule has 0 atom stereocenters. The molecule has 0 fully saturated rings. The lowest BCUT2D eigenvalue weighted by Crippen LogP contribution is -2.01. The van der Waals surface area contributed by atoms with Crippen molar-refractivity contribution in [1.82, 2.24) is 15.0 Å². The summed E-state index contributed by atoms with van der Waals surface area (Å²) in [5.41, 5.74) is 1.48. The second kappa shape index (κ2) is 4.28. The highest BCUT2D eigenvalue weighted by atomic mass is 79.9. The maximum absolute atomic E-state index is 13.0. The van der Waals surface area contributed by atoms with Gasteiger partial charge in [0.1, 0.15) is 5.82 Å². The highest BCUT2D eigenvalue weighted by molar-refractivity contribution is 9.10. The van der Waals surface area contributed by atoms with E-state index in [1.54, 1.807) is 23.0 Å². The number of hydrogen-bond acceptors (Lipinski definition) is 2. The van der Waals surface area contributed by atoms with Gasteiger partial charge in [0.15, 0.2) is 0 Å². The molecule has 0 aliphatic heterocycles. The molecule has 0 aliphatic rings. The molecule has 0 N–H and O–H groups in total. The van der Waals surface area contributed by atoms with Gasteiger partial charge in [-0.15, -0.1) is 16.7 Å². The van der Waals surface area contributed by atoms with Crippen LogP contribution in [0.4, 0.5) is 4.39 Å². The van der Waals surface area contributed by atoms with Gasteiger partial charge in [0.2, 0.25) is 0 Å². The Balaban J connectivity index is 2.50. The number of rotatable bonds is 2. The topological polar surface area (TPSA) is 30.7 Å². The van der Waals surface area contributed by atoms with Crippen LogP contribution in [-0.4, -0.2) is 15.0 Å². The lowest BCUT2D eigenvalue weighted by atomic mass is 10.3. The van der Waals surface area contributed by atoms with E-state index in [9.17, 15) is 4.39 Å². The zero-order valence-electron chi connectivity index (χ0n) is 7.49. The van der Waals surface area contributed by atoms with E-state index < -0.39 is 0 Å². The summed E-state index contributed by atoms with van der Waals surface area (Å²) in [7, 11) is 0. The number of benzene rings is 1. The van der Waals surface area contributed by atoms with Gasteiger partial charge in [0.05, 0.1) is 27.9 Å². The maximum atomic E-state index is 13.0. The Morgan fingerprint density at radius 1 is 1.47 bits per heavy atom. The van der Waals surface area contributed by atoms with Crippen LogP contribution >= 0.6 is 27.5 Å². The van der Waals surface area contributed by atoms with Crippen molar-refractivity contribution in [3.63, 3.8) is 0 Å². The predicted molar refractivity (Wildman–Crippen MR) is 58.6 cm³/mol. The van der Waals surface area contributed by atoms with E-state index >= 15 is 0 Å². The van der Waals surface area contributed by atoms with Gasteiger partial charge in [0, 0.05) is 0 Å². The molecule has 2 rings (SSSR count). The highest BCUT2D eigenvalue weighted by Gasteiger charge is 2.07. The largest absolute Gasteiger partial charge is 0.216 e. The van der Waals surface area contributed by atoms with Gasteiger partial charge in [-0.1, -0.05) is 5.21 Å². The quantitative estimate of drug-likeness (QED) is 0.796. The van der Waals surface area contributed by atoms with Crippen LogP contribution < -0.4 is 0 Å². The van der Waals surface area contributed by atoms with E-state index in [1.807, 2.05) is 0 Å². The predicted octanol–water partition coefficient (Wildman–Crippen LogP) is 2.91. The zero-order valence-corrected chi connectivity index (χ0v) is 9.83. The first-order valence-electron chi connectivity index (χ1n) is 4.13. The normalized spacial score (nSPS) is 10.6. The molecule has 1 heterocycles. The van der Waals surface area contributed by atoms with Crippen LogP contribution in [0.5, 0.6) is 0 Å². The van der Waals surface area contributed by atoms with Crippen LogP contribution in [0.15, 0.2) is 28.9 Å². The van der Waals surface area contributed by atoms with Crippen LogP contribution in [0.1, 0.15) is 5.69 Å². The van der Waals surface area contributed by atoms with Gasteiger partial charge in [0.25, 0.3) is 0 Å². The lowest BCUT2D eigenvalue weighted by Gasteiger charge is -2.04. The molecule has 2 aromatic rings. The summed E-state index contributed by atoms with van der Waals surface area (Å²) in [6, 6.07) is 4.60.